The summed E-state index contributed by atoms with van der Waals surface area (Å²) < 4.78 is 3.15. The molecule has 0 amide bonds. The van der Waals surface area contributed by atoms with E-state index in [0.29, 0.717) is 12.5 Å². The van der Waals surface area contributed by atoms with Gasteiger partial charge in [0.25, 0.3) is 0 Å². The number of nitriles is 1. The smallest absolute Gasteiger partial charge is 0.230 e. The van der Waals surface area contributed by atoms with Gasteiger partial charge in [-0.2, -0.15) is 5.26 Å². The minimum Gasteiger partial charge on any atom is -0.303 e. The van der Waals surface area contributed by atoms with E-state index in [-0.39, 0.29) is 0 Å². The van der Waals surface area contributed by atoms with E-state index in [9.17, 15) is 5.26 Å². The highest BCUT2D eigenvalue weighted by molar-refractivity contribution is 7.18. The van der Waals surface area contributed by atoms with Crippen LogP contribution in [-0.2, 0) is 6.54 Å². The molecule has 1 atom stereocenters. The quantitative estimate of drug-likeness (QED) is 0.557. The molecule has 5 rings (SSSR count). The Morgan fingerprint density at radius 1 is 1.04 bits per heavy atom. The molecule has 2 aromatic heterocycles. The van der Waals surface area contributed by atoms with Crippen molar-refractivity contribution in [1.82, 2.24) is 14.5 Å². The molecule has 5 nitrogen and oxygen atoms in total. The van der Waals surface area contributed by atoms with Gasteiger partial charge in [-0.25, -0.2) is 15.0 Å². The Kier molecular flexibility index (Phi) is 2.78. The largest absolute Gasteiger partial charge is 0.303 e. The van der Waals surface area contributed by atoms with Crippen molar-refractivity contribution in [3.8, 4) is 6.07 Å². The maximum Gasteiger partial charge on any atom is 0.230 e. The highest BCUT2D eigenvalue weighted by Gasteiger charge is 2.28. The van der Waals surface area contributed by atoms with Crippen LogP contribution < -0.4 is 0 Å². The summed E-state index contributed by atoms with van der Waals surface area (Å²) in [6, 6.07) is 18.3. The summed E-state index contributed by atoms with van der Waals surface area (Å²) >= 11 is 1.56. The van der Waals surface area contributed by atoms with Gasteiger partial charge in [-0.3, -0.25) is 0 Å². The third-order valence-electron chi connectivity index (χ3n) is 4.22. The number of thiazole rings is 1. The molecule has 0 saturated carbocycles. The second-order valence-corrected chi connectivity index (χ2v) is 6.73. The number of para-hydroxylation sites is 3. The number of hydrogen-bond donors (Lipinski definition) is 0. The van der Waals surface area contributed by atoms with E-state index in [0.717, 1.165) is 32.0 Å². The lowest BCUT2D eigenvalue weighted by Gasteiger charge is -2.05. The van der Waals surface area contributed by atoms with Crippen molar-refractivity contribution in [1.29, 1.82) is 5.26 Å². The lowest BCUT2D eigenvalue weighted by molar-refractivity contribution is 0.907. The van der Waals surface area contributed by atoms with E-state index in [1.165, 1.54) is 0 Å². The van der Waals surface area contributed by atoms with Crippen LogP contribution in [0.1, 0.15) is 10.9 Å². The second kappa shape index (κ2) is 4.98. The number of rotatable bonds is 2. The molecule has 1 unspecified atom stereocenters. The molecule has 0 radical (unpaired) electrons. The number of benzene rings is 2. The summed E-state index contributed by atoms with van der Waals surface area (Å²) in [5, 5.41) is 10.5. The van der Waals surface area contributed by atoms with Gasteiger partial charge in [0, 0.05) is 0 Å². The molecule has 24 heavy (non-hydrogen) atoms. The zero-order valence-electron chi connectivity index (χ0n) is 12.5. The maximum absolute atomic E-state index is 9.70. The summed E-state index contributed by atoms with van der Waals surface area (Å²) in [6.45, 7) is 0.587. The summed E-state index contributed by atoms with van der Waals surface area (Å²) in [4.78, 5) is 13.8. The van der Waals surface area contributed by atoms with Crippen molar-refractivity contribution in [3.63, 3.8) is 0 Å². The Morgan fingerprint density at radius 3 is 2.67 bits per heavy atom. The SMILES string of the molecule is N#CC(C1=Nc2nc3ccccc3n2C1)c1nc2ccccc2s1. The molecule has 1 aliphatic heterocycles. The van der Waals surface area contributed by atoms with E-state index in [4.69, 9.17) is 0 Å². The molecule has 2 aromatic carbocycles. The maximum atomic E-state index is 9.70. The highest BCUT2D eigenvalue weighted by Crippen LogP contribution is 2.33. The fraction of sp³-hybridized carbons (Fsp3) is 0.111. The fourth-order valence-electron chi connectivity index (χ4n) is 3.07. The molecule has 3 heterocycles. The van der Waals surface area contributed by atoms with Gasteiger partial charge in [0.2, 0.25) is 5.95 Å². The number of fused-ring (bicyclic) bond motifs is 4. The van der Waals surface area contributed by atoms with Crippen molar-refractivity contribution in [2.75, 3.05) is 0 Å². The van der Waals surface area contributed by atoms with Crippen LogP contribution in [0.5, 0.6) is 0 Å². The summed E-state index contributed by atoms with van der Waals surface area (Å²) in [5.74, 6) is 0.246. The topological polar surface area (TPSA) is 66.9 Å². The average Bonchev–Trinajstić information content (AvgIpc) is 3.27. The van der Waals surface area contributed by atoms with Crippen LogP contribution in [0.2, 0.25) is 0 Å². The minimum atomic E-state index is -0.428. The number of hydrogen-bond acceptors (Lipinski definition) is 5. The van der Waals surface area contributed by atoms with Gasteiger partial charge in [0.1, 0.15) is 10.9 Å². The van der Waals surface area contributed by atoms with Gasteiger partial charge in [0.05, 0.1) is 39.6 Å². The van der Waals surface area contributed by atoms with Crippen LogP contribution in [0.3, 0.4) is 0 Å². The highest BCUT2D eigenvalue weighted by atomic mass is 32.1. The zero-order valence-corrected chi connectivity index (χ0v) is 13.4. The molecule has 114 valence electrons. The Balaban J connectivity index is 1.58. The molecule has 0 saturated heterocycles. The normalized spacial score (nSPS) is 14.5. The predicted molar refractivity (Wildman–Crippen MR) is 94.8 cm³/mol. The average molecular weight is 329 g/mol. The lowest BCUT2D eigenvalue weighted by Crippen LogP contribution is -2.13. The van der Waals surface area contributed by atoms with Crippen LogP contribution in [0.15, 0.2) is 53.5 Å². The van der Waals surface area contributed by atoms with Crippen molar-refractivity contribution in [2.45, 2.75) is 12.5 Å². The molecule has 0 spiro atoms. The lowest BCUT2D eigenvalue weighted by atomic mass is 10.1. The molecule has 0 fully saturated rings. The predicted octanol–water partition coefficient (Wildman–Crippen LogP) is 4.04. The van der Waals surface area contributed by atoms with Crippen LogP contribution in [-0.4, -0.2) is 20.2 Å². The minimum absolute atomic E-state index is 0.428. The van der Waals surface area contributed by atoms with Crippen molar-refractivity contribution >= 4 is 44.2 Å². The summed E-state index contributed by atoms with van der Waals surface area (Å²) in [5.41, 5.74) is 3.72. The van der Waals surface area contributed by atoms with Gasteiger partial charge >= 0.3 is 0 Å². The Bertz CT molecular complexity index is 1130. The molecule has 0 N–H and O–H groups in total. The molecule has 0 bridgehead atoms. The van der Waals surface area contributed by atoms with Crippen molar-refractivity contribution < 1.29 is 0 Å². The molecular formula is C18H11N5S. The number of nitrogens with zero attached hydrogens (tertiary/aromatic N) is 5. The fourth-order valence-corrected chi connectivity index (χ4v) is 4.11. The van der Waals surface area contributed by atoms with Gasteiger partial charge in [-0.05, 0) is 24.3 Å². The van der Waals surface area contributed by atoms with Crippen LogP contribution in [0.25, 0.3) is 21.3 Å². The summed E-state index contributed by atoms with van der Waals surface area (Å²) in [7, 11) is 0. The van der Waals surface area contributed by atoms with Crippen LogP contribution in [0.4, 0.5) is 5.95 Å². The first-order chi connectivity index (χ1) is 11.8. The van der Waals surface area contributed by atoms with Gasteiger partial charge in [0.15, 0.2) is 0 Å². The molecule has 6 heteroatoms. The van der Waals surface area contributed by atoms with E-state index in [2.05, 4.69) is 25.6 Å². The van der Waals surface area contributed by atoms with Gasteiger partial charge in [-0.1, -0.05) is 24.3 Å². The van der Waals surface area contributed by atoms with E-state index < -0.39 is 5.92 Å². The molecule has 1 aliphatic rings. The zero-order chi connectivity index (χ0) is 16.1. The molecule has 4 aromatic rings. The van der Waals surface area contributed by atoms with Gasteiger partial charge < -0.3 is 4.57 Å². The van der Waals surface area contributed by atoms with Crippen LogP contribution >= 0.6 is 11.3 Å². The number of imidazole rings is 1. The van der Waals surface area contributed by atoms with E-state index in [1.807, 2.05) is 48.5 Å². The first-order valence-corrected chi connectivity index (χ1v) is 8.43. The number of aliphatic imine (C=N–C) groups is 1. The molecule has 0 aliphatic carbocycles. The standard InChI is InChI=1S/C18H11N5S/c19-9-11(17-20-13-6-2-4-8-16(13)24-17)14-10-23-15-7-3-1-5-12(15)21-18(23)22-14/h1-8,11H,10H2. The Hall–Kier alpha value is -3.04. The third kappa shape index (κ3) is 1.88. The monoisotopic (exact) mass is 329 g/mol. The van der Waals surface area contributed by atoms with Crippen LogP contribution in [0, 0.1) is 11.3 Å². The van der Waals surface area contributed by atoms with Gasteiger partial charge in [-0.15, -0.1) is 11.3 Å². The van der Waals surface area contributed by atoms with Crippen molar-refractivity contribution in [3.05, 3.63) is 53.5 Å². The van der Waals surface area contributed by atoms with Crippen molar-refractivity contribution in [2.24, 2.45) is 4.99 Å². The van der Waals surface area contributed by atoms with E-state index >= 15 is 0 Å². The third-order valence-corrected chi connectivity index (χ3v) is 5.32. The number of aromatic nitrogens is 3. The van der Waals surface area contributed by atoms with E-state index in [1.54, 1.807) is 11.3 Å². The second-order valence-electron chi connectivity index (χ2n) is 5.67. The molecular weight excluding hydrogens is 318 g/mol. The Labute approximate surface area is 141 Å². The Morgan fingerprint density at radius 2 is 1.83 bits per heavy atom. The first kappa shape index (κ1) is 13.4. The summed E-state index contributed by atoms with van der Waals surface area (Å²) in [6.07, 6.45) is 0. The first-order valence-electron chi connectivity index (χ1n) is 7.61.